The summed E-state index contributed by atoms with van der Waals surface area (Å²) in [5, 5.41) is 19.0. The molecule has 0 aliphatic heterocycles. The number of hydrogen-bond donors (Lipinski definition) is 1. The highest BCUT2D eigenvalue weighted by Gasteiger charge is 2.19. The topological polar surface area (TPSA) is 104 Å². The van der Waals surface area contributed by atoms with Crippen molar-refractivity contribution in [2.45, 2.75) is 46.7 Å². The maximum atomic E-state index is 12.3. The number of aromatic nitrogens is 6. The average Bonchev–Trinajstić information content (AvgIpc) is 3.24. The molecular formula is C16H21N7O2. The fourth-order valence-corrected chi connectivity index (χ4v) is 2.56. The second-order valence-electron chi connectivity index (χ2n) is 6.33. The molecule has 0 saturated carbocycles. The first-order chi connectivity index (χ1) is 11.9. The summed E-state index contributed by atoms with van der Waals surface area (Å²) < 4.78 is 9.10. The van der Waals surface area contributed by atoms with E-state index in [1.807, 2.05) is 34.6 Å². The Bertz CT molecular complexity index is 888. The minimum atomic E-state index is -0.393. The molecule has 25 heavy (non-hydrogen) atoms. The van der Waals surface area contributed by atoms with Crippen LogP contribution in [0.3, 0.4) is 0 Å². The van der Waals surface area contributed by atoms with Crippen molar-refractivity contribution in [2.24, 2.45) is 0 Å². The Labute approximate surface area is 145 Å². The summed E-state index contributed by atoms with van der Waals surface area (Å²) in [7, 11) is 0. The van der Waals surface area contributed by atoms with Gasteiger partial charge in [-0.1, -0.05) is 5.10 Å². The molecule has 0 radical (unpaired) electrons. The Morgan fingerprint density at radius 3 is 2.52 bits per heavy atom. The zero-order valence-corrected chi connectivity index (χ0v) is 14.9. The predicted molar refractivity (Wildman–Crippen MR) is 91.2 cm³/mol. The molecule has 3 rings (SSSR count). The average molecular weight is 343 g/mol. The van der Waals surface area contributed by atoms with E-state index in [4.69, 9.17) is 4.42 Å². The zero-order valence-electron chi connectivity index (χ0n) is 14.9. The molecule has 9 heteroatoms. The summed E-state index contributed by atoms with van der Waals surface area (Å²) in [6, 6.07) is 3.85. The SMILES string of the molecule is Cc1cc(C(=O)Nc2nnc(-c3ccnn3C(C)C)o2)nn1C(C)C. The quantitative estimate of drug-likeness (QED) is 0.764. The molecule has 0 aliphatic rings. The summed E-state index contributed by atoms with van der Waals surface area (Å²) >= 11 is 0. The molecule has 3 aromatic heterocycles. The van der Waals surface area contributed by atoms with E-state index in [9.17, 15) is 4.79 Å². The van der Waals surface area contributed by atoms with Crippen LogP contribution in [-0.4, -0.2) is 35.7 Å². The van der Waals surface area contributed by atoms with Crippen molar-refractivity contribution in [3.63, 3.8) is 0 Å². The van der Waals surface area contributed by atoms with E-state index in [-0.39, 0.29) is 18.1 Å². The minimum Gasteiger partial charge on any atom is -0.401 e. The maximum Gasteiger partial charge on any atom is 0.322 e. The van der Waals surface area contributed by atoms with Crippen LogP contribution in [-0.2, 0) is 0 Å². The molecular weight excluding hydrogens is 322 g/mol. The molecule has 0 atom stereocenters. The smallest absolute Gasteiger partial charge is 0.322 e. The summed E-state index contributed by atoms with van der Waals surface area (Å²) in [4.78, 5) is 12.3. The molecule has 0 fully saturated rings. The lowest BCUT2D eigenvalue weighted by molar-refractivity contribution is 0.101. The first-order valence-corrected chi connectivity index (χ1v) is 8.11. The lowest BCUT2D eigenvalue weighted by Crippen LogP contribution is -2.14. The van der Waals surface area contributed by atoms with Crippen LogP contribution in [0.25, 0.3) is 11.6 Å². The van der Waals surface area contributed by atoms with Gasteiger partial charge in [-0.15, -0.1) is 5.10 Å². The van der Waals surface area contributed by atoms with Gasteiger partial charge in [-0.25, -0.2) is 0 Å². The van der Waals surface area contributed by atoms with Gasteiger partial charge >= 0.3 is 6.01 Å². The number of nitrogens with one attached hydrogen (secondary N) is 1. The van der Waals surface area contributed by atoms with Gasteiger partial charge in [-0.2, -0.15) is 10.2 Å². The van der Waals surface area contributed by atoms with Crippen LogP contribution in [0.2, 0.25) is 0 Å². The predicted octanol–water partition coefficient (Wildman–Crippen LogP) is 2.85. The van der Waals surface area contributed by atoms with Crippen molar-refractivity contribution in [3.8, 4) is 11.6 Å². The first-order valence-electron chi connectivity index (χ1n) is 8.11. The number of aryl methyl sites for hydroxylation is 1. The van der Waals surface area contributed by atoms with E-state index in [2.05, 4.69) is 25.7 Å². The van der Waals surface area contributed by atoms with Gasteiger partial charge in [0.25, 0.3) is 11.8 Å². The van der Waals surface area contributed by atoms with Crippen LogP contribution in [0.4, 0.5) is 6.01 Å². The van der Waals surface area contributed by atoms with Crippen LogP contribution in [0, 0.1) is 6.92 Å². The zero-order chi connectivity index (χ0) is 18.1. The third-order valence-electron chi connectivity index (χ3n) is 3.67. The molecule has 0 bridgehead atoms. The van der Waals surface area contributed by atoms with Crippen LogP contribution in [0.1, 0.15) is 56.0 Å². The lowest BCUT2D eigenvalue weighted by atomic mass is 10.3. The summed E-state index contributed by atoms with van der Waals surface area (Å²) in [6.45, 7) is 9.92. The Kier molecular flexibility index (Phi) is 4.39. The molecule has 1 N–H and O–H groups in total. The normalized spacial score (nSPS) is 11.5. The summed E-state index contributed by atoms with van der Waals surface area (Å²) in [6.07, 6.45) is 1.67. The number of carbonyl (C=O) groups is 1. The Balaban J connectivity index is 1.78. The number of nitrogens with zero attached hydrogens (tertiary/aromatic N) is 6. The van der Waals surface area contributed by atoms with Crippen LogP contribution < -0.4 is 5.32 Å². The largest absolute Gasteiger partial charge is 0.401 e. The fourth-order valence-electron chi connectivity index (χ4n) is 2.56. The van der Waals surface area contributed by atoms with E-state index < -0.39 is 5.91 Å². The van der Waals surface area contributed by atoms with Crippen LogP contribution in [0.15, 0.2) is 22.7 Å². The van der Waals surface area contributed by atoms with Crippen molar-refractivity contribution < 1.29 is 9.21 Å². The van der Waals surface area contributed by atoms with Gasteiger partial charge in [-0.05, 0) is 46.8 Å². The number of hydrogen-bond acceptors (Lipinski definition) is 6. The number of amides is 1. The molecule has 0 spiro atoms. The molecule has 0 saturated heterocycles. The monoisotopic (exact) mass is 343 g/mol. The molecule has 0 aromatic carbocycles. The van der Waals surface area contributed by atoms with E-state index in [1.54, 1.807) is 27.7 Å². The van der Waals surface area contributed by atoms with Crippen molar-refractivity contribution in [1.82, 2.24) is 29.8 Å². The van der Waals surface area contributed by atoms with Crippen molar-refractivity contribution in [1.29, 1.82) is 0 Å². The van der Waals surface area contributed by atoms with Crippen LogP contribution in [0.5, 0.6) is 0 Å². The lowest BCUT2D eigenvalue weighted by Gasteiger charge is -2.07. The standard InChI is InChI=1S/C16H21N7O2/c1-9(2)22-11(5)8-12(21-22)14(24)18-16-20-19-15(25-16)13-6-7-17-23(13)10(3)4/h6-10H,1-5H3,(H,18,20,24). The van der Waals surface area contributed by atoms with Gasteiger partial charge < -0.3 is 4.42 Å². The first kappa shape index (κ1) is 16.9. The van der Waals surface area contributed by atoms with Crippen molar-refractivity contribution in [2.75, 3.05) is 5.32 Å². The van der Waals surface area contributed by atoms with E-state index >= 15 is 0 Å². The molecule has 3 heterocycles. The molecule has 3 aromatic rings. The van der Waals surface area contributed by atoms with Gasteiger partial charge in [0.2, 0.25) is 0 Å². The van der Waals surface area contributed by atoms with Crippen LogP contribution >= 0.6 is 0 Å². The van der Waals surface area contributed by atoms with E-state index in [1.165, 1.54) is 0 Å². The second kappa shape index (κ2) is 6.50. The Morgan fingerprint density at radius 1 is 1.16 bits per heavy atom. The highest BCUT2D eigenvalue weighted by Crippen LogP contribution is 2.22. The number of anilines is 1. The third-order valence-corrected chi connectivity index (χ3v) is 3.67. The van der Waals surface area contributed by atoms with Gasteiger partial charge in [0.05, 0.1) is 0 Å². The molecule has 132 valence electrons. The molecule has 9 nitrogen and oxygen atoms in total. The molecule has 0 unspecified atom stereocenters. The van der Waals surface area contributed by atoms with Crippen molar-refractivity contribution >= 4 is 11.9 Å². The van der Waals surface area contributed by atoms with E-state index in [0.29, 0.717) is 17.3 Å². The summed E-state index contributed by atoms with van der Waals surface area (Å²) in [5.74, 6) is -0.0968. The Hall–Kier alpha value is -2.97. The Morgan fingerprint density at radius 2 is 1.88 bits per heavy atom. The highest BCUT2D eigenvalue weighted by molar-refractivity contribution is 6.01. The molecule has 1 amide bonds. The third kappa shape index (κ3) is 3.30. The van der Waals surface area contributed by atoms with Gasteiger partial charge in [-0.3, -0.25) is 19.5 Å². The summed E-state index contributed by atoms with van der Waals surface area (Å²) in [5.41, 5.74) is 1.91. The minimum absolute atomic E-state index is 0.0215. The maximum absolute atomic E-state index is 12.3. The number of carbonyl (C=O) groups excluding carboxylic acids is 1. The highest BCUT2D eigenvalue weighted by atomic mass is 16.4. The van der Waals surface area contributed by atoms with Crippen molar-refractivity contribution in [3.05, 3.63) is 29.7 Å². The van der Waals surface area contributed by atoms with Gasteiger partial charge in [0, 0.05) is 24.0 Å². The fraction of sp³-hybridized carbons (Fsp3) is 0.438. The van der Waals surface area contributed by atoms with Gasteiger partial charge in [0.1, 0.15) is 5.69 Å². The molecule has 0 aliphatic carbocycles. The van der Waals surface area contributed by atoms with Gasteiger partial charge in [0.15, 0.2) is 5.69 Å². The second-order valence-corrected chi connectivity index (χ2v) is 6.33. The number of rotatable bonds is 5. The van der Waals surface area contributed by atoms with E-state index in [0.717, 1.165) is 5.69 Å².